The van der Waals surface area contributed by atoms with Gasteiger partial charge in [-0.1, -0.05) is 19.1 Å². The molecular formula is C17H18F3N3O3. The topological polar surface area (TPSA) is 95.1 Å². The third kappa shape index (κ3) is 3.87. The van der Waals surface area contributed by atoms with Crippen molar-refractivity contribution in [3.63, 3.8) is 0 Å². The molecule has 0 aliphatic carbocycles. The Morgan fingerprint density at radius 1 is 1.31 bits per heavy atom. The van der Waals surface area contributed by atoms with Crippen molar-refractivity contribution in [2.75, 3.05) is 0 Å². The van der Waals surface area contributed by atoms with E-state index in [2.05, 4.69) is 15.3 Å². The molecule has 140 valence electrons. The Hall–Kier alpha value is -2.84. The molecular weight excluding hydrogens is 351 g/mol. The first-order valence-electron chi connectivity index (χ1n) is 7.78. The Bertz CT molecular complexity index is 845. The summed E-state index contributed by atoms with van der Waals surface area (Å²) in [7, 11) is 0. The van der Waals surface area contributed by atoms with Crippen LogP contribution in [0.5, 0.6) is 0 Å². The number of carbonyl (C=O) groups excluding carboxylic acids is 1. The molecule has 3 N–H and O–H groups in total. The van der Waals surface area contributed by atoms with E-state index in [9.17, 15) is 27.9 Å². The zero-order valence-corrected chi connectivity index (χ0v) is 14.4. The molecule has 0 spiro atoms. The number of aromatic nitrogens is 2. The summed E-state index contributed by atoms with van der Waals surface area (Å²) in [5, 5.41) is 11.6. The Kier molecular flexibility index (Phi) is 5.11. The number of imidazole rings is 1. The number of carbonyl (C=O) groups is 2. The predicted molar refractivity (Wildman–Crippen MR) is 87.6 cm³/mol. The highest BCUT2D eigenvalue weighted by Crippen LogP contribution is 2.31. The fourth-order valence-electron chi connectivity index (χ4n) is 2.26. The molecule has 0 aliphatic heterocycles. The standard InChI is InChI=1S/C17H18F3N3O3/c1-4-16(3,15(25)26)23-14(24)12-9(2)21-13(22-12)10-6-5-7-11(8-10)17(18,19)20/h5-8H,4H2,1-3H3,(H,21,22)(H,23,24)(H,25,26). The number of rotatable bonds is 5. The van der Waals surface area contributed by atoms with Gasteiger partial charge in [0.25, 0.3) is 5.91 Å². The van der Waals surface area contributed by atoms with Crippen molar-refractivity contribution in [1.82, 2.24) is 15.3 Å². The van der Waals surface area contributed by atoms with Crippen LogP contribution in [-0.2, 0) is 11.0 Å². The summed E-state index contributed by atoms with van der Waals surface area (Å²) in [4.78, 5) is 30.5. The lowest BCUT2D eigenvalue weighted by atomic mass is 9.99. The highest BCUT2D eigenvalue weighted by Gasteiger charge is 2.34. The molecule has 26 heavy (non-hydrogen) atoms. The summed E-state index contributed by atoms with van der Waals surface area (Å²) in [5.41, 5.74) is -1.89. The van der Waals surface area contributed by atoms with Crippen LogP contribution in [0.3, 0.4) is 0 Å². The van der Waals surface area contributed by atoms with Gasteiger partial charge in [0.05, 0.1) is 5.56 Å². The second-order valence-electron chi connectivity index (χ2n) is 6.08. The first-order chi connectivity index (χ1) is 12.0. The normalized spacial score (nSPS) is 13.9. The second-order valence-corrected chi connectivity index (χ2v) is 6.08. The molecule has 2 rings (SSSR count). The minimum Gasteiger partial charge on any atom is -0.480 e. The number of carboxylic acid groups (broad SMARTS) is 1. The van der Waals surface area contributed by atoms with Gasteiger partial charge in [0.1, 0.15) is 17.1 Å². The summed E-state index contributed by atoms with van der Waals surface area (Å²) in [5.74, 6) is -1.82. The first-order valence-corrected chi connectivity index (χ1v) is 7.78. The van der Waals surface area contributed by atoms with E-state index in [4.69, 9.17) is 0 Å². The van der Waals surface area contributed by atoms with Gasteiger partial charge in [-0.25, -0.2) is 9.78 Å². The molecule has 2 aromatic rings. The molecule has 0 aliphatic rings. The lowest BCUT2D eigenvalue weighted by Gasteiger charge is -2.24. The van der Waals surface area contributed by atoms with Gasteiger partial charge >= 0.3 is 12.1 Å². The predicted octanol–water partition coefficient (Wildman–Crippen LogP) is 3.39. The maximum atomic E-state index is 12.8. The number of hydrogen-bond donors (Lipinski definition) is 3. The van der Waals surface area contributed by atoms with Gasteiger partial charge in [-0.2, -0.15) is 13.2 Å². The van der Waals surface area contributed by atoms with Crippen LogP contribution in [0.2, 0.25) is 0 Å². The molecule has 1 unspecified atom stereocenters. The summed E-state index contributed by atoms with van der Waals surface area (Å²) in [6.45, 7) is 4.51. The third-order valence-corrected chi connectivity index (χ3v) is 4.13. The van der Waals surface area contributed by atoms with Crippen LogP contribution >= 0.6 is 0 Å². The van der Waals surface area contributed by atoms with Gasteiger partial charge in [-0.15, -0.1) is 0 Å². The molecule has 1 atom stereocenters. The Balaban J connectivity index is 2.35. The number of nitrogens with one attached hydrogen (secondary N) is 2. The average Bonchev–Trinajstić information content (AvgIpc) is 2.96. The first kappa shape index (κ1) is 19.5. The van der Waals surface area contributed by atoms with Crippen molar-refractivity contribution in [2.24, 2.45) is 0 Å². The smallest absolute Gasteiger partial charge is 0.416 e. The van der Waals surface area contributed by atoms with E-state index in [-0.39, 0.29) is 23.5 Å². The number of H-pyrrole nitrogens is 1. The number of hydrogen-bond acceptors (Lipinski definition) is 3. The van der Waals surface area contributed by atoms with Crippen LogP contribution in [-0.4, -0.2) is 32.5 Å². The number of alkyl halides is 3. The number of benzene rings is 1. The Morgan fingerprint density at radius 3 is 2.50 bits per heavy atom. The van der Waals surface area contributed by atoms with Crippen molar-refractivity contribution in [2.45, 2.75) is 38.9 Å². The molecule has 1 heterocycles. The molecule has 1 aromatic heterocycles. The van der Waals surface area contributed by atoms with Crippen LogP contribution in [0.25, 0.3) is 11.4 Å². The van der Waals surface area contributed by atoms with E-state index < -0.39 is 29.2 Å². The zero-order valence-electron chi connectivity index (χ0n) is 14.4. The third-order valence-electron chi connectivity index (χ3n) is 4.13. The number of halogens is 3. The van der Waals surface area contributed by atoms with E-state index in [1.165, 1.54) is 26.0 Å². The van der Waals surface area contributed by atoms with Gasteiger partial charge in [-0.3, -0.25) is 4.79 Å². The minimum atomic E-state index is -4.50. The maximum absolute atomic E-state index is 12.8. The molecule has 0 saturated carbocycles. The van der Waals surface area contributed by atoms with Crippen molar-refractivity contribution in [3.8, 4) is 11.4 Å². The average molecular weight is 369 g/mol. The largest absolute Gasteiger partial charge is 0.480 e. The Labute approximate surface area is 147 Å². The highest BCUT2D eigenvalue weighted by molar-refractivity contribution is 5.97. The molecule has 0 fully saturated rings. The van der Waals surface area contributed by atoms with Crippen LogP contribution in [0.15, 0.2) is 24.3 Å². The Morgan fingerprint density at radius 2 is 1.96 bits per heavy atom. The number of carboxylic acids is 1. The number of aliphatic carboxylic acids is 1. The fourth-order valence-corrected chi connectivity index (χ4v) is 2.26. The molecule has 6 nitrogen and oxygen atoms in total. The zero-order chi connectivity index (χ0) is 19.7. The summed E-state index contributed by atoms with van der Waals surface area (Å²) in [6, 6.07) is 4.54. The van der Waals surface area contributed by atoms with Gasteiger partial charge in [0, 0.05) is 11.3 Å². The monoisotopic (exact) mass is 369 g/mol. The number of aryl methyl sites for hydroxylation is 1. The van der Waals surface area contributed by atoms with E-state index in [0.717, 1.165) is 12.1 Å². The van der Waals surface area contributed by atoms with Crippen LogP contribution in [0.4, 0.5) is 13.2 Å². The van der Waals surface area contributed by atoms with Crippen LogP contribution in [0, 0.1) is 6.92 Å². The van der Waals surface area contributed by atoms with Gasteiger partial charge < -0.3 is 15.4 Å². The van der Waals surface area contributed by atoms with Crippen LogP contribution < -0.4 is 5.32 Å². The quantitative estimate of drug-likeness (QED) is 0.753. The lowest BCUT2D eigenvalue weighted by molar-refractivity contribution is -0.144. The van der Waals surface area contributed by atoms with E-state index >= 15 is 0 Å². The van der Waals surface area contributed by atoms with Crippen molar-refractivity contribution in [1.29, 1.82) is 0 Å². The number of amides is 1. The highest BCUT2D eigenvalue weighted by atomic mass is 19.4. The summed E-state index contributed by atoms with van der Waals surface area (Å²) in [6.07, 6.45) is -4.35. The van der Waals surface area contributed by atoms with E-state index in [1.54, 1.807) is 6.92 Å². The van der Waals surface area contributed by atoms with E-state index in [0.29, 0.717) is 5.69 Å². The molecule has 9 heteroatoms. The minimum absolute atomic E-state index is 0.0710. The molecule has 1 aromatic carbocycles. The van der Waals surface area contributed by atoms with Crippen LogP contribution in [0.1, 0.15) is 42.0 Å². The van der Waals surface area contributed by atoms with Crippen molar-refractivity contribution in [3.05, 3.63) is 41.2 Å². The second kappa shape index (κ2) is 6.81. The van der Waals surface area contributed by atoms with Gasteiger partial charge in [0.15, 0.2) is 0 Å². The molecule has 0 radical (unpaired) electrons. The van der Waals surface area contributed by atoms with Gasteiger partial charge in [-0.05, 0) is 32.4 Å². The van der Waals surface area contributed by atoms with Crippen molar-refractivity contribution < 1.29 is 27.9 Å². The summed E-state index contributed by atoms with van der Waals surface area (Å²) < 4.78 is 38.5. The van der Waals surface area contributed by atoms with Gasteiger partial charge in [0.2, 0.25) is 0 Å². The SMILES string of the molecule is CCC(C)(NC(=O)c1nc(-c2cccc(C(F)(F)F)c2)[nH]c1C)C(=O)O. The molecule has 0 saturated heterocycles. The lowest BCUT2D eigenvalue weighted by Crippen LogP contribution is -2.51. The van der Waals surface area contributed by atoms with Crippen molar-refractivity contribution >= 4 is 11.9 Å². The summed E-state index contributed by atoms with van der Waals surface area (Å²) >= 11 is 0. The molecule has 0 bridgehead atoms. The molecule has 1 amide bonds. The fraction of sp³-hybridized carbons (Fsp3) is 0.353. The maximum Gasteiger partial charge on any atom is 0.416 e. The number of nitrogens with zero attached hydrogens (tertiary/aromatic N) is 1. The van der Waals surface area contributed by atoms with E-state index in [1.807, 2.05) is 0 Å². The number of aromatic amines is 1.